The van der Waals surface area contributed by atoms with Crippen molar-refractivity contribution in [2.45, 2.75) is 60.0 Å². The molecule has 0 saturated carbocycles. The second-order valence-corrected chi connectivity index (χ2v) is 7.86. The smallest absolute Gasteiger partial charge is 0.0304 e. The molecule has 0 amide bonds. The Hall–Kier alpha value is -0.340. The summed E-state index contributed by atoms with van der Waals surface area (Å²) in [5.41, 5.74) is 0.581. The van der Waals surface area contributed by atoms with E-state index in [0.717, 1.165) is 6.54 Å². The lowest BCUT2D eigenvalue weighted by molar-refractivity contribution is 0.241. The van der Waals surface area contributed by atoms with E-state index in [1.54, 1.807) is 0 Å². The van der Waals surface area contributed by atoms with Crippen molar-refractivity contribution in [3.05, 3.63) is 21.9 Å². The molecular formula is C14H25NS. The number of hydrogen-bond acceptors (Lipinski definition) is 2. The second kappa shape index (κ2) is 4.89. The highest BCUT2D eigenvalue weighted by Crippen LogP contribution is 2.27. The number of nitrogens with one attached hydrogen (secondary N) is 1. The van der Waals surface area contributed by atoms with E-state index in [4.69, 9.17) is 0 Å². The van der Waals surface area contributed by atoms with Crippen LogP contribution in [0, 0.1) is 12.3 Å². The van der Waals surface area contributed by atoms with Crippen molar-refractivity contribution in [2.75, 3.05) is 0 Å². The number of aryl methyl sites for hydroxylation is 1. The standard InChI is InChI=1S/C14H25NS/c1-11-7-8-12(16-11)9-15-14(5,6)10-13(2,3)4/h7-8,15H,9-10H2,1-6H3. The van der Waals surface area contributed by atoms with Gasteiger partial charge in [0.15, 0.2) is 0 Å². The van der Waals surface area contributed by atoms with Gasteiger partial charge in [-0.05, 0) is 44.7 Å². The van der Waals surface area contributed by atoms with E-state index in [0.29, 0.717) is 5.41 Å². The van der Waals surface area contributed by atoms with E-state index in [2.05, 4.69) is 59.0 Å². The van der Waals surface area contributed by atoms with Crippen molar-refractivity contribution in [3.63, 3.8) is 0 Å². The summed E-state index contributed by atoms with van der Waals surface area (Å²) < 4.78 is 0. The van der Waals surface area contributed by atoms with Crippen LogP contribution in [-0.4, -0.2) is 5.54 Å². The van der Waals surface area contributed by atoms with Crippen LogP contribution in [0.15, 0.2) is 12.1 Å². The fourth-order valence-electron chi connectivity index (χ4n) is 2.29. The minimum absolute atomic E-state index is 0.205. The molecular weight excluding hydrogens is 214 g/mol. The fraction of sp³-hybridized carbons (Fsp3) is 0.714. The molecule has 0 aliphatic heterocycles. The molecule has 1 aromatic rings. The summed E-state index contributed by atoms with van der Waals surface area (Å²) in [6.45, 7) is 14.6. The lowest BCUT2D eigenvalue weighted by atomic mass is 9.82. The minimum atomic E-state index is 0.205. The molecule has 0 aliphatic carbocycles. The molecule has 2 heteroatoms. The van der Waals surface area contributed by atoms with Crippen molar-refractivity contribution in [1.82, 2.24) is 5.32 Å². The van der Waals surface area contributed by atoms with Crippen LogP contribution < -0.4 is 5.32 Å². The summed E-state index contributed by atoms with van der Waals surface area (Å²) in [4.78, 5) is 2.82. The quantitative estimate of drug-likeness (QED) is 0.823. The van der Waals surface area contributed by atoms with E-state index in [1.807, 2.05) is 11.3 Å². The van der Waals surface area contributed by atoms with Crippen LogP contribution in [0.25, 0.3) is 0 Å². The molecule has 1 rings (SSSR count). The summed E-state index contributed by atoms with van der Waals surface area (Å²) in [6.07, 6.45) is 1.18. The first-order valence-corrected chi connectivity index (χ1v) is 6.80. The van der Waals surface area contributed by atoms with Gasteiger partial charge in [0.2, 0.25) is 0 Å². The highest BCUT2D eigenvalue weighted by molar-refractivity contribution is 7.11. The van der Waals surface area contributed by atoms with E-state index >= 15 is 0 Å². The van der Waals surface area contributed by atoms with E-state index < -0.39 is 0 Å². The fourth-order valence-corrected chi connectivity index (χ4v) is 3.12. The zero-order valence-corrected chi connectivity index (χ0v) is 12.3. The topological polar surface area (TPSA) is 12.0 Å². The molecule has 1 N–H and O–H groups in total. The number of thiophene rings is 1. The van der Waals surface area contributed by atoms with Crippen molar-refractivity contribution >= 4 is 11.3 Å². The molecule has 1 aromatic heterocycles. The van der Waals surface area contributed by atoms with Gasteiger partial charge in [0.1, 0.15) is 0 Å². The van der Waals surface area contributed by atoms with Gasteiger partial charge in [-0.25, -0.2) is 0 Å². The van der Waals surface area contributed by atoms with E-state index in [1.165, 1.54) is 16.2 Å². The Morgan fingerprint density at radius 3 is 2.19 bits per heavy atom. The molecule has 0 aromatic carbocycles. The number of hydrogen-bond donors (Lipinski definition) is 1. The number of rotatable bonds is 4. The molecule has 92 valence electrons. The molecule has 1 heterocycles. The first-order valence-electron chi connectivity index (χ1n) is 5.98. The van der Waals surface area contributed by atoms with Crippen LogP contribution in [0.1, 0.15) is 50.8 Å². The van der Waals surface area contributed by atoms with E-state index in [9.17, 15) is 0 Å². The van der Waals surface area contributed by atoms with Gasteiger partial charge in [0.25, 0.3) is 0 Å². The molecule has 0 radical (unpaired) electrons. The normalized spacial score (nSPS) is 13.1. The van der Waals surface area contributed by atoms with Crippen LogP contribution >= 0.6 is 11.3 Å². The average molecular weight is 239 g/mol. The third-order valence-electron chi connectivity index (χ3n) is 2.51. The summed E-state index contributed by atoms with van der Waals surface area (Å²) in [7, 11) is 0. The van der Waals surface area contributed by atoms with Gasteiger partial charge in [-0.15, -0.1) is 11.3 Å². The molecule has 0 bridgehead atoms. The largest absolute Gasteiger partial charge is 0.307 e. The van der Waals surface area contributed by atoms with Crippen molar-refractivity contribution in [1.29, 1.82) is 0 Å². The average Bonchev–Trinajstić information content (AvgIpc) is 2.44. The highest BCUT2D eigenvalue weighted by Gasteiger charge is 2.24. The predicted molar refractivity (Wildman–Crippen MR) is 74.0 cm³/mol. The third-order valence-corrected chi connectivity index (χ3v) is 3.51. The monoisotopic (exact) mass is 239 g/mol. The summed E-state index contributed by atoms with van der Waals surface area (Å²) >= 11 is 1.88. The molecule has 0 unspecified atom stereocenters. The van der Waals surface area contributed by atoms with Crippen LogP contribution in [-0.2, 0) is 6.54 Å². The summed E-state index contributed by atoms with van der Waals surface area (Å²) in [5.74, 6) is 0. The maximum atomic E-state index is 3.66. The van der Waals surface area contributed by atoms with Gasteiger partial charge in [0.05, 0.1) is 0 Å². The molecule has 0 fully saturated rings. The van der Waals surface area contributed by atoms with Gasteiger partial charge in [-0.2, -0.15) is 0 Å². The Bertz CT molecular complexity index is 331. The molecule has 0 saturated heterocycles. The highest BCUT2D eigenvalue weighted by atomic mass is 32.1. The second-order valence-electron chi connectivity index (χ2n) is 6.49. The van der Waals surface area contributed by atoms with Crippen LogP contribution in [0.3, 0.4) is 0 Å². The minimum Gasteiger partial charge on any atom is -0.307 e. The first-order chi connectivity index (χ1) is 7.18. The Balaban J connectivity index is 2.47. The molecule has 0 spiro atoms. The SMILES string of the molecule is Cc1ccc(CNC(C)(C)CC(C)(C)C)s1. The van der Waals surface area contributed by atoms with Crippen LogP contribution in [0.2, 0.25) is 0 Å². The Morgan fingerprint density at radius 2 is 1.75 bits per heavy atom. The Morgan fingerprint density at radius 1 is 1.12 bits per heavy atom. The van der Waals surface area contributed by atoms with Crippen molar-refractivity contribution < 1.29 is 0 Å². The van der Waals surface area contributed by atoms with Gasteiger partial charge >= 0.3 is 0 Å². The zero-order chi connectivity index (χ0) is 12.4. The first kappa shape index (κ1) is 13.7. The maximum Gasteiger partial charge on any atom is 0.0304 e. The van der Waals surface area contributed by atoms with Gasteiger partial charge < -0.3 is 5.32 Å². The lowest BCUT2D eigenvalue weighted by Gasteiger charge is -2.33. The summed E-state index contributed by atoms with van der Waals surface area (Å²) in [5, 5.41) is 3.66. The third kappa shape index (κ3) is 5.13. The molecule has 16 heavy (non-hydrogen) atoms. The Labute approximate surface area is 104 Å². The maximum absolute atomic E-state index is 3.66. The summed E-state index contributed by atoms with van der Waals surface area (Å²) in [6, 6.07) is 4.42. The molecule has 0 atom stereocenters. The van der Waals surface area contributed by atoms with Crippen molar-refractivity contribution in [2.24, 2.45) is 5.41 Å². The van der Waals surface area contributed by atoms with Crippen molar-refractivity contribution in [3.8, 4) is 0 Å². The Kier molecular flexibility index (Phi) is 4.19. The van der Waals surface area contributed by atoms with Gasteiger partial charge in [-0.3, -0.25) is 0 Å². The van der Waals surface area contributed by atoms with Crippen LogP contribution in [0.4, 0.5) is 0 Å². The molecule has 1 nitrogen and oxygen atoms in total. The van der Waals surface area contributed by atoms with E-state index in [-0.39, 0.29) is 5.54 Å². The lowest BCUT2D eigenvalue weighted by Crippen LogP contribution is -2.41. The van der Waals surface area contributed by atoms with Crippen LogP contribution in [0.5, 0.6) is 0 Å². The predicted octanol–water partition coefficient (Wildman–Crippen LogP) is 4.36. The zero-order valence-electron chi connectivity index (χ0n) is 11.5. The van der Waals surface area contributed by atoms with Gasteiger partial charge in [-0.1, -0.05) is 20.8 Å². The molecule has 0 aliphatic rings. The van der Waals surface area contributed by atoms with Gasteiger partial charge in [0, 0.05) is 21.8 Å².